The lowest BCUT2D eigenvalue weighted by Gasteiger charge is -2.27. The molecule has 0 heterocycles. The first-order valence-corrected chi connectivity index (χ1v) is 9.51. The highest BCUT2D eigenvalue weighted by molar-refractivity contribution is 5.73. The van der Waals surface area contributed by atoms with Crippen LogP contribution in [0.25, 0.3) is 5.57 Å². The molecular formula is C24H30O2. The Balaban J connectivity index is 2.01. The van der Waals surface area contributed by atoms with Crippen molar-refractivity contribution in [3.05, 3.63) is 62.7 Å². The molecule has 26 heavy (non-hydrogen) atoms. The largest absolute Gasteiger partial charge is 0.507 e. The molecule has 2 aromatic carbocycles. The Morgan fingerprint density at radius 2 is 1.35 bits per heavy atom. The molecule has 1 atom stereocenters. The Kier molecular flexibility index (Phi) is 4.88. The highest BCUT2D eigenvalue weighted by Gasteiger charge is 2.23. The first-order valence-electron chi connectivity index (χ1n) is 9.51. The average Bonchev–Trinajstić information content (AvgIpc) is 2.64. The maximum atomic E-state index is 10.2. The summed E-state index contributed by atoms with van der Waals surface area (Å²) in [5.41, 5.74) is 10.3. The van der Waals surface area contributed by atoms with Crippen LogP contribution < -0.4 is 0 Å². The summed E-state index contributed by atoms with van der Waals surface area (Å²) in [7, 11) is 0. The lowest BCUT2D eigenvalue weighted by molar-refractivity contribution is 0.465. The van der Waals surface area contributed by atoms with E-state index in [0.29, 0.717) is 17.4 Å². The van der Waals surface area contributed by atoms with Crippen LogP contribution in [0.15, 0.2) is 18.2 Å². The first-order chi connectivity index (χ1) is 12.2. The third-order valence-electron chi connectivity index (χ3n) is 6.31. The number of phenolic OH excluding ortho intramolecular Hbond substituents is 2. The SMILES string of the molecule is Cc1cc(C2=CCCC(c3cc(C)c(O)c(C)c3C)C2)c(C)c(C)c1O. The van der Waals surface area contributed by atoms with E-state index < -0.39 is 0 Å². The quantitative estimate of drug-likeness (QED) is 0.667. The molecule has 2 N–H and O–H groups in total. The zero-order chi connectivity index (χ0) is 19.2. The van der Waals surface area contributed by atoms with Crippen molar-refractivity contribution in [1.82, 2.24) is 0 Å². The van der Waals surface area contributed by atoms with Crippen LogP contribution in [-0.4, -0.2) is 10.2 Å². The van der Waals surface area contributed by atoms with Crippen molar-refractivity contribution < 1.29 is 10.2 Å². The summed E-state index contributed by atoms with van der Waals surface area (Å²) in [6.07, 6.45) is 5.58. The zero-order valence-electron chi connectivity index (χ0n) is 16.8. The average molecular weight is 351 g/mol. The predicted octanol–water partition coefficient (Wildman–Crippen LogP) is 6.30. The van der Waals surface area contributed by atoms with Gasteiger partial charge < -0.3 is 10.2 Å². The molecule has 0 fully saturated rings. The molecule has 2 heteroatoms. The van der Waals surface area contributed by atoms with Crippen molar-refractivity contribution >= 4 is 5.57 Å². The van der Waals surface area contributed by atoms with Crippen LogP contribution in [0.3, 0.4) is 0 Å². The summed E-state index contributed by atoms with van der Waals surface area (Å²) in [5, 5.41) is 20.4. The Hall–Kier alpha value is -2.22. The van der Waals surface area contributed by atoms with Gasteiger partial charge in [-0.05, 0) is 123 Å². The molecule has 1 aliphatic carbocycles. The number of aryl methyl sites for hydroxylation is 2. The zero-order valence-corrected chi connectivity index (χ0v) is 16.8. The minimum Gasteiger partial charge on any atom is -0.507 e. The van der Waals surface area contributed by atoms with Gasteiger partial charge in [0.05, 0.1) is 0 Å². The summed E-state index contributed by atoms with van der Waals surface area (Å²) in [4.78, 5) is 0. The maximum absolute atomic E-state index is 10.2. The van der Waals surface area contributed by atoms with Gasteiger partial charge in [0.1, 0.15) is 11.5 Å². The van der Waals surface area contributed by atoms with Crippen molar-refractivity contribution in [2.45, 2.75) is 66.7 Å². The number of benzene rings is 2. The van der Waals surface area contributed by atoms with Crippen LogP contribution in [0, 0.1) is 41.5 Å². The van der Waals surface area contributed by atoms with Crippen LogP contribution in [0.1, 0.15) is 69.7 Å². The molecule has 0 spiro atoms. The molecular weight excluding hydrogens is 320 g/mol. The number of phenols is 2. The highest BCUT2D eigenvalue weighted by atomic mass is 16.3. The normalized spacial score (nSPS) is 17.3. The second-order valence-corrected chi connectivity index (χ2v) is 7.93. The minimum atomic E-state index is 0.417. The first kappa shape index (κ1) is 18.6. The highest BCUT2D eigenvalue weighted by Crippen LogP contribution is 2.43. The topological polar surface area (TPSA) is 40.5 Å². The molecule has 2 aromatic rings. The molecule has 0 saturated heterocycles. The van der Waals surface area contributed by atoms with Crippen LogP contribution in [0.4, 0.5) is 0 Å². The van der Waals surface area contributed by atoms with Crippen molar-refractivity contribution in [3.8, 4) is 11.5 Å². The standard InChI is InChI=1S/C24H30O2/c1-13-10-21(15(3)17(5)23(13)25)19-8-7-9-20(12-19)22-11-14(2)24(26)18(6)16(22)4/h8,10-11,20,25-26H,7,9,12H2,1-6H3. The van der Waals surface area contributed by atoms with E-state index in [9.17, 15) is 10.2 Å². The van der Waals surface area contributed by atoms with Gasteiger partial charge in [0.2, 0.25) is 0 Å². The second-order valence-electron chi connectivity index (χ2n) is 7.93. The van der Waals surface area contributed by atoms with Gasteiger partial charge in [-0.2, -0.15) is 0 Å². The second kappa shape index (κ2) is 6.83. The number of hydrogen-bond donors (Lipinski definition) is 2. The number of aromatic hydroxyl groups is 2. The van der Waals surface area contributed by atoms with Gasteiger partial charge in [0.15, 0.2) is 0 Å². The Labute approximate surface area is 157 Å². The van der Waals surface area contributed by atoms with E-state index in [1.54, 1.807) is 0 Å². The summed E-state index contributed by atoms with van der Waals surface area (Å²) in [6, 6.07) is 4.30. The van der Waals surface area contributed by atoms with Crippen molar-refractivity contribution in [2.24, 2.45) is 0 Å². The molecule has 0 bridgehead atoms. The van der Waals surface area contributed by atoms with Gasteiger partial charge in [-0.25, -0.2) is 0 Å². The molecule has 3 rings (SSSR count). The molecule has 1 aliphatic rings. The van der Waals surface area contributed by atoms with E-state index >= 15 is 0 Å². The van der Waals surface area contributed by atoms with Crippen molar-refractivity contribution in [2.75, 3.05) is 0 Å². The fourth-order valence-electron chi connectivity index (χ4n) is 4.32. The van der Waals surface area contributed by atoms with E-state index in [4.69, 9.17) is 0 Å². The molecule has 0 aromatic heterocycles. The predicted molar refractivity (Wildman–Crippen MR) is 109 cm³/mol. The van der Waals surface area contributed by atoms with Gasteiger partial charge in [0.25, 0.3) is 0 Å². The minimum absolute atomic E-state index is 0.417. The maximum Gasteiger partial charge on any atom is 0.121 e. The molecule has 0 amide bonds. The molecule has 0 saturated carbocycles. The number of hydrogen-bond acceptors (Lipinski definition) is 2. The van der Waals surface area contributed by atoms with Crippen LogP contribution in [0.2, 0.25) is 0 Å². The van der Waals surface area contributed by atoms with E-state index in [2.05, 4.69) is 32.1 Å². The van der Waals surface area contributed by atoms with Gasteiger partial charge in [-0.3, -0.25) is 0 Å². The number of rotatable bonds is 2. The lowest BCUT2D eigenvalue weighted by atomic mass is 9.77. The smallest absolute Gasteiger partial charge is 0.121 e. The molecule has 2 nitrogen and oxygen atoms in total. The van der Waals surface area contributed by atoms with Gasteiger partial charge in [0, 0.05) is 0 Å². The van der Waals surface area contributed by atoms with E-state index in [1.165, 1.54) is 27.8 Å². The molecule has 0 aliphatic heterocycles. The molecule has 1 unspecified atom stereocenters. The van der Waals surface area contributed by atoms with Gasteiger partial charge >= 0.3 is 0 Å². The van der Waals surface area contributed by atoms with E-state index in [-0.39, 0.29) is 0 Å². The van der Waals surface area contributed by atoms with Crippen molar-refractivity contribution in [1.29, 1.82) is 0 Å². The summed E-state index contributed by atoms with van der Waals surface area (Å²) in [5.74, 6) is 1.32. The summed E-state index contributed by atoms with van der Waals surface area (Å²) in [6.45, 7) is 12.2. The van der Waals surface area contributed by atoms with Gasteiger partial charge in [-0.15, -0.1) is 0 Å². The fourth-order valence-corrected chi connectivity index (χ4v) is 4.32. The lowest BCUT2D eigenvalue weighted by Crippen LogP contribution is -2.09. The molecule has 138 valence electrons. The Bertz CT molecular complexity index is 903. The van der Waals surface area contributed by atoms with Crippen LogP contribution >= 0.6 is 0 Å². The third kappa shape index (κ3) is 3.02. The van der Waals surface area contributed by atoms with Crippen LogP contribution in [0.5, 0.6) is 11.5 Å². The number of allylic oxidation sites excluding steroid dienone is 2. The van der Waals surface area contributed by atoms with E-state index in [1.807, 2.05) is 27.7 Å². The van der Waals surface area contributed by atoms with Crippen molar-refractivity contribution in [3.63, 3.8) is 0 Å². The third-order valence-corrected chi connectivity index (χ3v) is 6.31. The Morgan fingerprint density at radius 3 is 2.00 bits per heavy atom. The summed E-state index contributed by atoms with van der Waals surface area (Å²) >= 11 is 0. The fraction of sp³-hybridized carbons (Fsp3) is 0.417. The molecule has 0 radical (unpaired) electrons. The van der Waals surface area contributed by atoms with Gasteiger partial charge in [-0.1, -0.05) is 12.1 Å². The van der Waals surface area contributed by atoms with Crippen LogP contribution in [-0.2, 0) is 0 Å². The Morgan fingerprint density at radius 1 is 0.769 bits per heavy atom. The monoisotopic (exact) mass is 350 g/mol. The van der Waals surface area contributed by atoms with E-state index in [0.717, 1.165) is 41.5 Å². The summed E-state index contributed by atoms with van der Waals surface area (Å²) < 4.78 is 0.